The zero-order valence-corrected chi connectivity index (χ0v) is 26.9. The maximum Gasteiger partial charge on any atom is 1.00 e. The SMILES string of the molecule is CC1(C)CC[C@]2(CN3CCCC3=O)CC[C@]3(C)[C@H](C(=O)C=C4[C@@]5(C)CC(C#N)=C(O)C(C)(C)C5CC[C@]43C)[C-]2C1.[Li+]. The number of hydrogen-bond acceptors (Lipinski definition) is 4. The third-order valence-electron chi connectivity index (χ3n) is 13.6. The molecule has 3 saturated carbocycles. The van der Waals surface area contributed by atoms with Crippen molar-refractivity contribution in [1.82, 2.24) is 4.90 Å². The van der Waals surface area contributed by atoms with Gasteiger partial charge in [0.2, 0.25) is 5.91 Å². The van der Waals surface area contributed by atoms with Crippen LogP contribution in [0.3, 0.4) is 0 Å². The number of aliphatic hydroxyl groups is 1. The molecule has 0 spiro atoms. The number of rotatable bonds is 2. The van der Waals surface area contributed by atoms with Gasteiger partial charge in [-0.05, 0) is 60.5 Å². The first-order chi connectivity index (χ1) is 18.5. The quantitative estimate of drug-likeness (QED) is 0.404. The van der Waals surface area contributed by atoms with Crippen LogP contribution >= 0.6 is 0 Å². The molecule has 41 heavy (non-hydrogen) atoms. The van der Waals surface area contributed by atoms with Crippen molar-refractivity contribution < 1.29 is 33.6 Å². The fourth-order valence-corrected chi connectivity index (χ4v) is 11.1. The van der Waals surface area contributed by atoms with E-state index < -0.39 is 5.41 Å². The van der Waals surface area contributed by atoms with Crippen molar-refractivity contribution in [1.29, 1.82) is 5.26 Å². The van der Waals surface area contributed by atoms with Crippen LogP contribution in [-0.2, 0) is 9.59 Å². The smallest absolute Gasteiger partial charge is 0.511 e. The molecule has 1 heterocycles. The van der Waals surface area contributed by atoms with E-state index >= 15 is 0 Å². The fourth-order valence-electron chi connectivity index (χ4n) is 11.1. The number of allylic oxidation sites excluding steroid dienone is 4. The summed E-state index contributed by atoms with van der Waals surface area (Å²) in [6.45, 7) is 17.6. The summed E-state index contributed by atoms with van der Waals surface area (Å²) in [5, 5.41) is 21.1. The van der Waals surface area contributed by atoms with Crippen LogP contribution in [0.1, 0.15) is 113 Å². The summed E-state index contributed by atoms with van der Waals surface area (Å²) < 4.78 is 0. The first-order valence-electron chi connectivity index (χ1n) is 15.8. The number of carbonyl (C=O) groups excluding carboxylic acids is 2. The molecular weight excluding hydrogens is 503 g/mol. The number of amides is 1. The monoisotopic (exact) mass is 552 g/mol. The second-order valence-electron chi connectivity index (χ2n) is 16.6. The molecule has 5 nitrogen and oxygen atoms in total. The van der Waals surface area contributed by atoms with Crippen molar-refractivity contribution >= 4 is 11.7 Å². The van der Waals surface area contributed by atoms with Gasteiger partial charge in [0.1, 0.15) is 11.5 Å². The van der Waals surface area contributed by atoms with Crippen LogP contribution in [-0.4, -0.2) is 34.8 Å². The number of hydrogen-bond donors (Lipinski definition) is 1. The van der Waals surface area contributed by atoms with Gasteiger partial charge in [0.25, 0.3) is 0 Å². The van der Waals surface area contributed by atoms with E-state index in [-0.39, 0.29) is 75.2 Å². The van der Waals surface area contributed by atoms with Crippen molar-refractivity contribution in [3.05, 3.63) is 28.9 Å². The Balaban J connectivity index is 0.00000337. The average Bonchev–Trinajstić information content (AvgIpc) is 3.27. The zero-order valence-electron chi connectivity index (χ0n) is 26.9. The Morgan fingerprint density at radius 1 is 1.05 bits per heavy atom. The van der Waals surface area contributed by atoms with E-state index in [9.17, 15) is 20.0 Å². The van der Waals surface area contributed by atoms with Gasteiger partial charge in [-0.15, -0.1) is 5.41 Å². The predicted molar refractivity (Wildman–Crippen MR) is 156 cm³/mol. The van der Waals surface area contributed by atoms with E-state index in [0.717, 1.165) is 64.5 Å². The van der Waals surface area contributed by atoms with Crippen molar-refractivity contribution in [3.8, 4) is 6.07 Å². The number of nitrogens with zero attached hydrogens (tertiary/aromatic N) is 2. The third kappa shape index (κ3) is 4.05. The van der Waals surface area contributed by atoms with Crippen LogP contribution in [0, 0.1) is 61.6 Å². The summed E-state index contributed by atoms with van der Waals surface area (Å²) in [7, 11) is 0. The van der Waals surface area contributed by atoms with E-state index in [0.29, 0.717) is 18.4 Å². The van der Waals surface area contributed by atoms with Crippen molar-refractivity contribution in [2.45, 2.75) is 113 Å². The molecule has 0 bridgehead atoms. The van der Waals surface area contributed by atoms with E-state index in [2.05, 4.69) is 59.4 Å². The van der Waals surface area contributed by atoms with Gasteiger partial charge < -0.3 is 10.0 Å². The molecule has 6 aliphatic rings. The molecule has 1 N–H and O–H groups in total. The van der Waals surface area contributed by atoms with Gasteiger partial charge >= 0.3 is 18.9 Å². The fraction of sp³-hybridized carbons (Fsp3) is 0.771. The first kappa shape index (κ1) is 30.9. The minimum atomic E-state index is -0.507. The summed E-state index contributed by atoms with van der Waals surface area (Å²) in [5.74, 6) is 2.26. The summed E-state index contributed by atoms with van der Waals surface area (Å²) >= 11 is 0. The normalized spacial score (nSPS) is 43.2. The largest absolute Gasteiger partial charge is 1.00 e. The minimum absolute atomic E-state index is 0. The Kier molecular flexibility index (Phi) is 7.17. The molecule has 0 aromatic rings. The number of aliphatic hydroxyl groups excluding tert-OH is 1. The van der Waals surface area contributed by atoms with Crippen LogP contribution in [0.15, 0.2) is 23.0 Å². The Bertz CT molecular complexity index is 1270. The molecular formula is C35H49LiN2O3. The number of ketones is 1. The number of likely N-dealkylation sites (tertiary alicyclic amines) is 1. The molecule has 1 amide bonds. The number of carbonyl (C=O) groups is 2. The predicted octanol–water partition coefficient (Wildman–Crippen LogP) is 4.50. The van der Waals surface area contributed by atoms with Crippen molar-refractivity contribution in [2.24, 2.45) is 44.3 Å². The molecule has 6 atom stereocenters. The molecule has 5 aliphatic carbocycles. The average molecular weight is 553 g/mol. The van der Waals surface area contributed by atoms with Gasteiger partial charge in [0, 0.05) is 18.4 Å². The second kappa shape index (κ2) is 9.50. The maximum absolute atomic E-state index is 14.6. The summed E-state index contributed by atoms with van der Waals surface area (Å²) in [4.78, 5) is 29.5. The van der Waals surface area contributed by atoms with Crippen LogP contribution in [0.4, 0.5) is 0 Å². The Labute approximate surface area is 259 Å². The molecule has 0 aromatic carbocycles. The molecule has 0 radical (unpaired) electrons. The summed E-state index contributed by atoms with van der Waals surface area (Å²) in [6, 6.07) is 2.32. The topological polar surface area (TPSA) is 81.4 Å². The van der Waals surface area contributed by atoms with E-state index in [1.54, 1.807) is 0 Å². The molecule has 6 heteroatoms. The van der Waals surface area contributed by atoms with Gasteiger partial charge in [-0.2, -0.15) is 11.7 Å². The van der Waals surface area contributed by atoms with Gasteiger partial charge in [-0.1, -0.05) is 91.1 Å². The van der Waals surface area contributed by atoms with E-state index in [4.69, 9.17) is 0 Å². The number of fused-ring (bicyclic) bond motifs is 7. The van der Waals surface area contributed by atoms with E-state index in [1.807, 2.05) is 6.08 Å². The molecule has 1 aliphatic heterocycles. The standard InChI is InChI=1S/C35H49N2O3.Li/c1-30(2)12-14-35(21-37-16-8-9-27(37)39)15-13-34(7)28(23(35)19-30)24(38)17-26-32(5)18-22(20-36)29(40)31(3,4)25(32)10-11-33(26,34)6;/h17,25,28,40H,8-16,18-19,21H2,1-7H3;/q-1;+1/t25?,28-,32-,33+,34+,35+;/m0./s1. The van der Waals surface area contributed by atoms with Crippen molar-refractivity contribution in [3.63, 3.8) is 0 Å². The molecule has 1 unspecified atom stereocenters. The van der Waals surface area contributed by atoms with Crippen molar-refractivity contribution in [2.75, 3.05) is 13.1 Å². The summed E-state index contributed by atoms with van der Waals surface area (Å²) in [6.07, 6.45) is 11.3. The molecule has 1 saturated heterocycles. The zero-order chi connectivity index (χ0) is 29.1. The molecule has 6 rings (SSSR count). The van der Waals surface area contributed by atoms with Crippen LogP contribution in [0.2, 0.25) is 0 Å². The van der Waals surface area contributed by atoms with Crippen LogP contribution < -0.4 is 18.9 Å². The number of nitriles is 1. The molecule has 218 valence electrons. The molecule has 0 aromatic heterocycles. The van der Waals surface area contributed by atoms with Gasteiger partial charge in [0.15, 0.2) is 0 Å². The van der Waals surface area contributed by atoms with Gasteiger partial charge in [-0.3, -0.25) is 15.5 Å². The van der Waals surface area contributed by atoms with Crippen LogP contribution in [0.5, 0.6) is 0 Å². The van der Waals surface area contributed by atoms with Gasteiger partial charge in [-0.25, -0.2) is 0 Å². The van der Waals surface area contributed by atoms with Crippen LogP contribution in [0.25, 0.3) is 0 Å². The Hall–Kier alpha value is -1.49. The van der Waals surface area contributed by atoms with E-state index in [1.165, 1.54) is 11.5 Å². The first-order valence-corrected chi connectivity index (χ1v) is 15.8. The Morgan fingerprint density at radius 2 is 1.73 bits per heavy atom. The minimum Gasteiger partial charge on any atom is -0.511 e. The second-order valence-corrected chi connectivity index (χ2v) is 16.6. The van der Waals surface area contributed by atoms with Gasteiger partial charge in [0.05, 0.1) is 11.6 Å². The molecule has 4 fully saturated rings. The maximum atomic E-state index is 14.6. The summed E-state index contributed by atoms with van der Waals surface area (Å²) in [5.41, 5.74) is 0.582. The Morgan fingerprint density at radius 3 is 2.37 bits per heavy atom. The third-order valence-corrected chi connectivity index (χ3v) is 13.6.